The number of amides is 2. The van der Waals surface area contributed by atoms with Gasteiger partial charge in [0.05, 0.1) is 11.6 Å². The number of carbonyl (C=O) groups is 2. The molecule has 1 unspecified atom stereocenters. The summed E-state index contributed by atoms with van der Waals surface area (Å²) in [4.78, 5) is 39.4. The maximum atomic E-state index is 13.2. The molecule has 0 saturated carbocycles. The molecule has 4 heterocycles. The number of likely N-dealkylation sites (tertiary alicyclic amines) is 1. The summed E-state index contributed by atoms with van der Waals surface area (Å²) in [5.41, 5.74) is 1.66. The summed E-state index contributed by atoms with van der Waals surface area (Å²) in [6.07, 6.45) is 6.19. The lowest BCUT2D eigenvalue weighted by Crippen LogP contribution is -2.47. The molecule has 2 aromatic heterocycles. The number of rotatable bonds is 3. The van der Waals surface area contributed by atoms with Crippen LogP contribution < -0.4 is 5.32 Å². The van der Waals surface area contributed by atoms with Crippen molar-refractivity contribution in [3.63, 3.8) is 0 Å². The van der Waals surface area contributed by atoms with E-state index in [1.54, 1.807) is 12.4 Å². The topological polar surface area (TPSA) is 78.4 Å². The lowest BCUT2D eigenvalue weighted by Gasteiger charge is -2.34. The van der Waals surface area contributed by atoms with Crippen LogP contribution in [0.1, 0.15) is 34.6 Å². The van der Waals surface area contributed by atoms with Crippen molar-refractivity contribution in [1.82, 2.24) is 25.1 Å². The van der Waals surface area contributed by atoms with E-state index in [0.29, 0.717) is 18.0 Å². The molecule has 2 aliphatic heterocycles. The maximum absolute atomic E-state index is 13.2. The van der Waals surface area contributed by atoms with Crippen LogP contribution >= 0.6 is 11.3 Å². The number of aromatic nitrogens is 2. The molecule has 2 aliphatic rings. The lowest BCUT2D eigenvalue weighted by atomic mass is 9.96. The SMILES string of the molecule is Cc1nc(-c2cccnc2)sc1C(=O)N1CCCC(C(=O)N2CCCNCC2)C1. The zero-order valence-electron chi connectivity index (χ0n) is 16.8. The molecule has 0 spiro atoms. The van der Waals surface area contributed by atoms with E-state index in [1.807, 2.05) is 28.9 Å². The first-order chi connectivity index (χ1) is 14.1. The summed E-state index contributed by atoms with van der Waals surface area (Å²) in [5.74, 6) is 0.0882. The Bertz CT molecular complexity index is 861. The van der Waals surface area contributed by atoms with Crippen molar-refractivity contribution >= 4 is 23.2 Å². The van der Waals surface area contributed by atoms with Gasteiger partial charge in [0.25, 0.3) is 5.91 Å². The second-order valence-electron chi connectivity index (χ2n) is 7.69. The van der Waals surface area contributed by atoms with Crippen molar-refractivity contribution in [3.05, 3.63) is 35.1 Å². The van der Waals surface area contributed by atoms with Crippen LogP contribution in [0.5, 0.6) is 0 Å². The molecule has 0 aromatic carbocycles. The predicted octanol–water partition coefficient (Wildman–Crippen LogP) is 2.19. The zero-order chi connectivity index (χ0) is 20.2. The van der Waals surface area contributed by atoms with Crippen LogP contribution in [0.2, 0.25) is 0 Å². The number of thiazole rings is 1. The van der Waals surface area contributed by atoms with Crippen molar-refractivity contribution < 1.29 is 9.59 Å². The molecule has 0 aliphatic carbocycles. The zero-order valence-corrected chi connectivity index (χ0v) is 17.6. The van der Waals surface area contributed by atoms with Gasteiger partial charge in [-0.2, -0.15) is 0 Å². The Labute approximate surface area is 175 Å². The molecule has 2 saturated heterocycles. The van der Waals surface area contributed by atoms with Crippen molar-refractivity contribution in [3.8, 4) is 10.6 Å². The second kappa shape index (κ2) is 9.00. The fourth-order valence-corrected chi connectivity index (χ4v) is 5.06. The van der Waals surface area contributed by atoms with Gasteiger partial charge < -0.3 is 15.1 Å². The minimum absolute atomic E-state index is 0.00910. The molecule has 2 aromatic rings. The second-order valence-corrected chi connectivity index (χ2v) is 8.69. The highest BCUT2D eigenvalue weighted by molar-refractivity contribution is 7.17. The Morgan fingerprint density at radius 3 is 2.86 bits per heavy atom. The molecule has 2 fully saturated rings. The Balaban J connectivity index is 1.46. The largest absolute Gasteiger partial charge is 0.341 e. The average Bonchev–Trinajstić information content (AvgIpc) is 2.97. The van der Waals surface area contributed by atoms with Gasteiger partial charge in [0.2, 0.25) is 5.91 Å². The highest BCUT2D eigenvalue weighted by Crippen LogP contribution is 2.30. The minimum atomic E-state index is -0.100. The standard InChI is InChI=1S/C21H27N5O2S/c1-15-18(29-19(24-15)16-5-2-7-23-13-16)21(28)26-10-3-6-17(14-26)20(27)25-11-4-8-22-9-12-25/h2,5,7,13,17,22H,3-4,6,8-12,14H2,1H3. The summed E-state index contributed by atoms with van der Waals surface area (Å²) < 4.78 is 0. The van der Waals surface area contributed by atoms with Gasteiger partial charge >= 0.3 is 0 Å². The molecule has 1 N–H and O–H groups in total. The first-order valence-corrected chi connectivity index (χ1v) is 11.1. The first-order valence-electron chi connectivity index (χ1n) is 10.3. The van der Waals surface area contributed by atoms with Gasteiger partial charge in [-0.15, -0.1) is 11.3 Å². The van der Waals surface area contributed by atoms with Crippen molar-refractivity contribution in [1.29, 1.82) is 0 Å². The fraction of sp³-hybridized carbons (Fsp3) is 0.524. The molecule has 8 heteroatoms. The fourth-order valence-electron chi connectivity index (χ4n) is 4.04. The molecule has 7 nitrogen and oxygen atoms in total. The van der Waals surface area contributed by atoms with Crippen LogP contribution in [0.15, 0.2) is 24.5 Å². The third-order valence-corrected chi connectivity index (χ3v) is 6.80. The molecule has 29 heavy (non-hydrogen) atoms. The number of nitrogens with one attached hydrogen (secondary N) is 1. The van der Waals surface area contributed by atoms with Crippen molar-refractivity contribution in [2.24, 2.45) is 5.92 Å². The highest BCUT2D eigenvalue weighted by Gasteiger charge is 2.33. The van der Waals surface area contributed by atoms with Gasteiger partial charge in [-0.1, -0.05) is 0 Å². The monoisotopic (exact) mass is 413 g/mol. The van der Waals surface area contributed by atoms with Crippen LogP contribution in [0, 0.1) is 12.8 Å². The Hall–Kier alpha value is -2.32. The van der Waals surface area contributed by atoms with E-state index in [2.05, 4.69) is 15.3 Å². The number of piperidine rings is 1. The summed E-state index contributed by atoms with van der Waals surface area (Å²) in [5, 5.41) is 4.14. The van der Waals surface area contributed by atoms with Crippen molar-refractivity contribution in [2.75, 3.05) is 39.3 Å². The maximum Gasteiger partial charge on any atom is 0.265 e. The number of carbonyl (C=O) groups excluding carboxylic acids is 2. The number of aryl methyl sites for hydroxylation is 1. The summed E-state index contributed by atoms with van der Waals surface area (Å²) in [7, 11) is 0. The van der Waals surface area contributed by atoms with Crippen LogP contribution in [0.25, 0.3) is 10.6 Å². The van der Waals surface area contributed by atoms with Crippen LogP contribution in [0.3, 0.4) is 0 Å². The van der Waals surface area contributed by atoms with Gasteiger partial charge in [0, 0.05) is 50.7 Å². The molecule has 0 bridgehead atoms. The van der Waals surface area contributed by atoms with Crippen molar-refractivity contribution in [2.45, 2.75) is 26.2 Å². The minimum Gasteiger partial charge on any atom is -0.341 e. The highest BCUT2D eigenvalue weighted by atomic mass is 32.1. The lowest BCUT2D eigenvalue weighted by molar-refractivity contribution is -0.136. The van der Waals surface area contributed by atoms with E-state index in [4.69, 9.17) is 0 Å². The molecule has 4 rings (SSSR count). The normalized spacial score (nSPS) is 20.4. The van der Waals surface area contributed by atoms with Gasteiger partial charge in [0.15, 0.2) is 0 Å². The quantitative estimate of drug-likeness (QED) is 0.835. The van der Waals surface area contributed by atoms with E-state index in [0.717, 1.165) is 61.7 Å². The number of hydrogen-bond acceptors (Lipinski definition) is 6. The van der Waals surface area contributed by atoms with E-state index >= 15 is 0 Å². The number of hydrogen-bond donors (Lipinski definition) is 1. The third kappa shape index (κ3) is 4.48. The third-order valence-electron chi connectivity index (χ3n) is 5.61. The van der Waals surface area contributed by atoms with E-state index < -0.39 is 0 Å². The van der Waals surface area contributed by atoms with E-state index in [-0.39, 0.29) is 17.7 Å². The molecule has 2 amide bonds. The molecule has 0 radical (unpaired) electrons. The number of nitrogens with zero attached hydrogens (tertiary/aromatic N) is 4. The summed E-state index contributed by atoms with van der Waals surface area (Å²) in [6, 6.07) is 3.82. The first kappa shape index (κ1) is 20.0. The van der Waals surface area contributed by atoms with Gasteiger partial charge in [0.1, 0.15) is 9.88 Å². The molecule has 154 valence electrons. The van der Waals surface area contributed by atoms with Gasteiger partial charge in [-0.3, -0.25) is 14.6 Å². The Kier molecular flexibility index (Phi) is 6.20. The smallest absolute Gasteiger partial charge is 0.265 e. The van der Waals surface area contributed by atoms with E-state index in [1.165, 1.54) is 11.3 Å². The molecule has 1 atom stereocenters. The Morgan fingerprint density at radius 2 is 2.03 bits per heavy atom. The van der Waals surface area contributed by atoms with E-state index in [9.17, 15) is 9.59 Å². The van der Waals surface area contributed by atoms with Gasteiger partial charge in [-0.05, 0) is 44.9 Å². The molecular formula is C21H27N5O2S. The van der Waals surface area contributed by atoms with Crippen LogP contribution in [0.4, 0.5) is 0 Å². The van der Waals surface area contributed by atoms with Crippen LogP contribution in [-0.4, -0.2) is 70.9 Å². The average molecular weight is 414 g/mol. The number of pyridine rings is 1. The summed E-state index contributed by atoms with van der Waals surface area (Å²) in [6.45, 7) is 6.44. The van der Waals surface area contributed by atoms with Crippen LogP contribution in [-0.2, 0) is 4.79 Å². The predicted molar refractivity (Wildman–Crippen MR) is 113 cm³/mol. The molecular weight excluding hydrogens is 386 g/mol. The van der Waals surface area contributed by atoms with Gasteiger partial charge in [-0.25, -0.2) is 4.98 Å². The Morgan fingerprint density at radius 1 is 1.17 bits per heavy atom. The summed E-state index contributed by atoms with van der Waals surface area (Å²) >= 11 is 1.41.